The molecule has 7 nitrogen and oxygen atoms in total. The van der Waals surface area contributed by atoms with E-state index in [-0.39, 0.29) is 29.7 Å². The molecule has 2 heterocycles. The van der Waals surface area contributed by atoms with Gasteiger partial charge in [0, 0.05) is 43.1 Å². The topological polar surface area (TPSA) is 84.9 Å². The van der Waals surface area contributed by atoms with E-state index in [2.05, 4.69) is 27.8 Å². The zero-order valence-corrected chi connectivity index (χ0v) is 26.9. The minimum Gasteiger partial charge on any atom is -0.490 e. The molecule has 1 N–H and O–H groups in total. The van der Waals surface area contributed by atoms with Crippen LogP contribution in [0.1, 0.15) is 62.6 Å². The molecule has 2 aliphatic heterocycles. The fourth-order valence-electron chi connectivity index (χ4n) is 7.73. The van der Waals surface area contributed by atoms with Gasteiger partial charge >= 0.3 is 0 Å². The number of nitrogens with one attached hydrogen (secondary N) is 1. The number of carbonyl (C=O) groups excluding carboxylic acids is 1. The van der Waals surface area contributed by atoms with Crippen LogP contribution < -0.4 is 14.4 Å². The first-order valence-electron chi connectivity index (χ1n) is 15.6. The molecule has 2 bridgehead atoms. The molecule has 0 saturated heterocycles. The number of carbonyl (C=O) groups is 1. The Balaban J connectivity index is 1.43. The summed E-state index contributed by atoms with van der Waals surface area (Å²) >= 11 is 6.42. The highest BCUT2D eigenvalue weighted by atomic mass is 35.5. The van der Waals surface area contributed by atoms with E-state index >= 15 is 0 Å². The molecule has 0 radical (unpaired) electrons. The van der Waals surface area contributed by atoms with Crippen LogP contribution >= 0.6 is 11.6 Å². The Morgan fingerprint density at radius 1 is 1.16 bits per heavy atom. The lowest BCUT2D eigenvalue weighted by atomic mass is 9.64. The maximum absolute atomic E-state index is 13.3. The predicted molar refractivity (Wildman–Crippen MR) is 170 cm³/mol. The van der Waals surface area contributed by atoms with Gasteiger partial charge in [-0.05, 0) is 104 Å². The summed E-state index contributed by atoms with van der Waals surface area (Å²) in [4.78, 5) is 15.1. The van der Waals surface area contributed by atoms with E-state index in [1.54, 1.807) is 14.0 Å². The molecule has 2 aromatic carbocycles. The van der Waals surface area contributed by atoms with Crippen molar-refractivity contribution in [3.05, 3.63) is 70.3 Å². The smallest absolute Gasteiger partial charge is 0.214 e. The van der Waals surface area contributed by atoms with Gasteiger partial charge < -0.3 is 14.4 Å². The van der Waals surface area contributed by atoms with Crippen LogP contribution in [-0.2, 0) is 37.9 Å². The van der Waals surface area contributed by atoms with Gasteiger partial charge in [-0.3, -0.25) is 4.79 Å². The Hall–Kier alpha value is -2.39. The highest BCUT2D eigenvalue weighted by Crippen LogP contribution is 2.48. The molecule has 9 heteroatoms. The summed E-state index contributed by atoms with van der Waals surface area (Å²) in [5.41, 5.74) is 3.18. The number of benzene rings is 2. The number of aryl methyl sites for hydroxylation is 1. The number of ether oxygens (including phenoxy) is 2. The Kier molecular flexibility index (Phi) is 8.44. The first-order chi connectivity index (χ1) is 20.6. The standard InChI is InChI=1S/C34H43ClN2O5S/c1-23-6-4-15-34(21-38,41-3)30-11-9-27(30)19-37-20-33(14-5-7-26-17-28(35)10-12-29(26)33)22-42-32-13-8-25(16-31(32)37)18-36-43(39,40)24(23)2/h4,8,10,12-13,15-17,21,23-24,27,30,36H,5-7,9,11,14,18-20,22H2,1-3H3/b15-4+/t23-,24+,27-,30+,33-,34+/m0/s1. The van der Waals surface area contributed by atoms with Crippen molar-refractivity contribution in [1.29, 1.82) is 0 Å². The zero-order valence-electron chi connectivity index (χ0n) is 25.4. The van der Waals surface area contributed by atoms with Gasteiger partial charge in [0.1, 0.15) is 11.4 Å². The average Bonchev–Trinajstić information content (AvgIpc) is 3.13. The molecule has 0 unspecified atom stereocenters. The van der Waals surface area contributed by atoms with Gasteiger partial charge in [0.25, 0.3) is 0 Å². The molecule has 0 aromatic heterocycles. The van der Waals surface area contributed by atoms with Crippen molar-refractivity contribution in [2.24, 2.45) is 17.8 Å². The monoisotopic (exact) mass is 626 g/mol. The third kappa shape index (κ3) is 5.65. The Morgan fingerprint density at radius 2 is 2.00 bits per heavy atom. The zero-order chi connectivity index (χ0) is 30.4. The first kappa shape index (κ1) is 30.6. The largest absolute Gasteiger partial charge is 0.490 e. The fourth-order valence-corrected chi connectivity index (χ4v) is 9.28. The number of anilines is 1. The van der Waals surface area contributed by atoms with Crippen LogP contribution in [0.2, 0.25) is 5.02 Å². The third-order valence-corrected chi connectivity index (χ3v) is 13.0. The number of rotatable bonds is 2. The van der Waals surface area contributed by atoms with Gasteiger partial charge in [0.05, 0.1) is 17.5 Å². The summed E-state index contributed by atoms with van der Waals surface area (Å²) in [6.07, 6.45) is 10.3. The van der Waals surface area contributed by atoms with Crippen LogP contribution in [0.4, 0.5) is 5.69 Å². The number of aldehydes is 1. The molecule has 2 aromatic rings. The lowest BCUT2D eigenvalue weighted by Gasteiger charge is -2.48. The van der Waals surface area contributed by atoms with Crippen molar-refractivity contribution in [1.82, 2.24) is 4.72 Å². The predicted octanol–water partition coefficient (Wildman–Crippen LogP) is 5.83. The molecule has 0 amide bonds. The lowest BCUT2D eigenvalue weighted by Crippen LogP contribution is -2.53. The molecule has 1 saturated carbocycles. The normalized spacial score (nSPS) is 34.6. The number of methoxy groups -OCH3 is 1. The van der Waals surface area contributed by atoms with Crippen LogP contribution in [0, 0.1) is 17.8 Å². The van der Waals surface area contributed by atoms with E-state index in [0.29, 0.717) is 13.0 Å². The number of allylic oxidation sites excluding steroid dienone is 1. The lowest BCUT2D eigenvalue weighted by molar-refractivity contribution is -0.135. The van der Waals surface area contributed by atoms with E-state index in [4.69, 9.17) is 21.1 Å². The summed E-state index contributed by atoms with van der Waals surface area (Å²) in [7, 11) is -1.97. The molecule has 2 aliphatic carbocycles. The number of nitrogens with zero attached hydrogens (tertiary/aromatic N) is 1. The van der Waals surface area contributed by atoms with E-state index in [1.165, 1.54) is 11.1 Å². The highest BCUT2D eigenvalue weighted by molar-refractivity contribution is 7.90. The van der Waals surface area contributed by atoms with Crippen LogP contribution in [-0.4, -0.2) is 52.4 Å². The van der Waals surface area contributed by atoms with Gasteiger partial charge in [-0.25, -0.2) is 13.1 Å². The summed E-state index contributed by atoms with van der Waals surface area (Å²) in [6.45, 7) is 5.96. The molecule has 1 fully saturated rings. The SMILES string of the molecule is CO[C@@]1(C=O)/C=C/C[C@H](C)[C@@H](C)S(=O)(=O)NCc2ccc3c(c2)N(C[C@@H]2CC[C@H]21)C[C@@]1(CCCc2cc(Cl)ccc21)CO3. The number of sulfonamides is 1. The molecule has 1 spiro atoms. The van der Waals surface area contributed by atoms with Crippen molar-refractivity contribution in [3.63, 3.8) is 0 Å². The summed E-state index contributed by atoms with van der Waals surface area (Å²) in [5, 5.41) is 0.152. The minimum atomic E-state index is -3.58. The maximum Gasteiger partial charge on any atom is 0.214 e. The summed E-state index contributed by atoms with van der Waals surface area (Å²) in [6, 6.07) is 12.3. The van der Waals surface area contributed by atoms with Crippen LogP contribution in [0.25, 0.3) is 0 Å². The Bertz CT molecular complexity index is 1510. The van der Waals surface area contributed by atoms with Crippen LogP contribution in [0.15, 0.2) is 48.6 Å². The summed E-state index contributed by atoms with van der Waals surface area (Å²) in [5.74, 6) is 0.941. The van der Waals surface area contributed by atoms with E-state index < -0.39 is 20.9 Å². The quantitative estimate of drug-likeness (QED) is 0.334. The summed E-state index contributed by atoms with van der Waals surface area (Å²) < 4.78 is 42.0. The number of fused-ring (bicyclic) bond motifs is 4. The molecular weight excluding hydrogens is 584 g/mol. The van der Waals surface area contributed by atoms with Crippen LogP contribution in [0.5, 0.6) is 5.75 Å². The van der Waals surface area contributed by atoms with E-state index in [9.17, 15) is 13.2 Å². The van der Waals surface area contributed by atoms with Crippen molar-refractivity contribution >= 4 is 33.6 Å². The first-order valence-corrected chi connectivity index (χ1v) is 17.5. The van der Waals surface area contributed by atoms with Crippen molar-refractivity contribution in [3.8, 4) is 5.75 Å². The molecule has 43 heavy (non-hydrogen) atoms. The molecule has 6 rings (SSSR count). The maximum atomic E-state index is 13.3. The average molecular weight is 627 g/mol. The second kappa shape index (κ2) is 11.8. The second-order valence-electron chi connectivity index (χ2n) is 13.2. The van der Waals surface area contributed by atoms with Gasteiger partial charge in [-0.1, -0.05) is 36.7 Å². The Morgan fingerprint density at radius 3 is 2.74 bits per heavy atom. The van der Waals surface area contributed by atoms with Gasteiger partial charge in [0.2, 0.25) is 10.0 Å². The van der Waals surface area contributed by atoms with Gasteiger partial charge in [-0.15, -0.1) is 0 Å². The van der Waals surface area contributed by atoms with Gasteiger partial charge in [-0.2, -0.15) is 0 Å². The molecule has 4 aliphatic rings. The van der Waals surface area contributed by atoms with Crippen LogP contribution in [0.3, 0.4) is 0 Å². The molecule has 6 atom stereocenters. The number of halogens is 1. The number of hydrogen-bond acceptors (Lipinski definition) is 6. The van der Waals surface area contributed by atoms with Crippen molar-refractivity contribution in [2.75, 3.05) is 31.7 Å². The third-order valence-electron chi connectivity index (χ3n) is 10.7. The molecule has 232 valence electrons. The second-order valence-corrected chi connectivity index (χ2v) is 15.8. The van der Waals surface area contributed by atoms with Crippen molar-refractivity contribution < 1.29 is 22.7 Å². The van der Waals surface area contributed by atoms with Gasteiger partial charge in [0.15, 0.2) is 6.29 Å². The van der Waals surface area contributed by atoms with E-state index in [0.717, 1.165) is 73.5 Å². The molecular formula is C34H43ClN2O5S. The number of hydrogen-bond donors (Lipinski definition) is 1. The Labute approximate surface area is 261 Å². The van der Waals surface area contributed by atoms with E-state index in [1.807, 2.05) is 37.3 Å². The minimum absolute atomic E-state index is 0.0292. The van der Waals surface area contributed by atoms with Crippen molar-refractivity contribution in [2.45, 2.75) is 75.2 Å². The fraction of sp³-hybridized carbons (Fsp3) is 0.559. The highest BCUT2D eigenvalue weighted by Gasteiger charge is 2.49.